The number of nitrogens with zero attached hydrogens (tertiary/aromatic N) is 4. The van der Waals surface area contributed by atoms with Gasteiger partial charge in [0.2, 0.25) is 0 Å². The van der Waals surface area contributed by atoms with Gasteiger partial charge >= 0.3 is 11.7 Å². The van der Waals surface area contributed by atoms with Gasteiger partial charge in [0.25, 0.3) is 0 Å². The summed E-state index contributed by atoms with van der Waals surface area (Å²) < 4.78 is 23.8. The van der Waals surface area contributed by atoms with Crippen LogP contribution in [-0.2, 0) is 23.1 Å². The molecule has 0 fully saturated rings. The van der Waals surface area contributed by atoms with Crippen LogP contribution in [0.3, 0.4) is 0 Å². The lowest BCUT2D eigenvalue weighted by Crippen LogP contribution is -2.30. The fourth-order valence-electron chi connectivity index (χ4n) is 5.18. The minimum absolute atomic E-state index is 0.135. The number of imidazole rings is 1. The SMILES string of the molecule is COC(=O)C[C@H](c1ccc(F)cc1)n1c(=O)n(Cc2cn(C)c3cc(C)cc(C)c23)c2ccc(N)nc21. The molecule has 0 aliphatic carbocycles. The van der Waals surface area contributed by atoms with E-state index < -0.39 is 17.8 Å². The van der Waals surface area contributed by atoms with E-state index in [1.807, 2.05) is 13.2 Å². The number of halogens is 1. The van der Waals surface area contributed by atoms with Crippen LogP contribution in [0.4, 0.5) is 10.2 Å². The van der Waals surface area contributed by atoms with Crippen molar-refractivity contribution in [2.45, 2.75) is 32.9 Å². The van der Waals surface area contributed by atoms with Gasteiger partial charge in [0.15, 0.2) is 5.65 Å². The fraction of sp³-hybridized carbons (Fsp3) is 0.250. The Hall–Kier alpha value is -4.40. The van der Waals surface area contributed by atoms with Crippen LogP contribution in [0.1, 0.15) is 34.7 Å². The van der Waals surface area contributed by atoms with Crippen molar-refractivity contribution in [3.8, 4) is 0 Å². The monoisotopic (exact) mass is 501 g/mol. The normalized spacial score (nSPS) is 12.4. The predicted octanol–water partition coefficient (Wildman–Crippen LogP) is 4.23. The summed E-state index contributed by atoms with van der Waals surface area (Å²) in [5, 5.41) is 1.09. The summed E-state index contributed by atoms with van der Waals surface area (Å²) in [5.41, 5.74) is 11.5. The molecular weight excluding hydrogens is 473 g/mol. The van der Waals surface area contributed by atoms with Crippen LogP contribution in [0.25, 0.3) is 22.1 Å². The van der Waals surface area contributed by atoms with Gasteiger partial charge < -0.3 is 15.0 Å². The molecule has 9 heteroatoms. The fourth-order valence-corrected chi connectivity index (χ4v) is 5.18. The number of anilines is 1. The van der Waals surface area contributed by atoms with Crippen molar-refractivity contribution in [2.75, 3.05) is 12.8 Å². The maximum atomic E-state index is 14.0. The minimum Gasteiger partial charge on any atom is -0.469 e. The highest BCUT2D eigenvalue weighted by Crippen LogP contribution is 2.29. The lowest BCUT2D eigenvalue weighted by Gasteiger charge is -2.18. The number of nitrogen functional groups attached to an aromatic ring is 1. The molecule has 0 bridgehead atoms. The highest BCUT2D eigenvalue weighted by Gasteiger charge is 2.26. The molecule has 0 amide bonds. The van der Waals surface area contributed by atoms with E-state index in [9.17, 15) is 14.0 Å². The van der Waals surface area contributed by atoms with Gasteiger partial charge in [-0.1, -0.05) is 18.2 Å². The van der Waals surface area contributed by atoms with Gasteiger partial charge in [-0.3, -0.25) is 13.9 Å². The number of methoxy groups -OCH3 is 1. The molecule has 2 aromatic carbocycles. The second-order valence-corrected chi connectivity index (χ2v) is 9.41. The van der Waals surface area contributed by atoms with Crippen molar-refractivity contribution >= 4 is 33.9 Å². The number of aryl methyl sites for hydroxylation is 3. The number of benzene rings is 2. The summed E-state index contributed by atoms with van der Waals surface area (Å²) in [7, 11) is 3.27. The zero-order chi connectivity index (χ0) is 26.4. The Bertz CT molecular complexity index is 1710. The summed E-state index contributed by atoms with van der Waals surface area (Å²) in [4.78, 5) is 30.9. The van der Waals surface area contributed by atoms with Gasteiger partial charge in [-0.15, -0.1) is 0 Å². The van der Waals surface area contributed by atoms with Gasteiger partial charge in [0.1, 0.15) is 11.6 Å². The van der Waals surface area contributed by atoms with E-state index in [0.717, 1.165) is 27.6 Å². The average molecular weight is 502 g/mol. The Kier molecular flexibility index (Phi) is 6.07. The van der Waals surface area contributed by atoms with E-state index in [0.29, 0.717) is 23.3 Å². The van der Waals surface area contributed by atoms with Gasteiger partial charge in [-0.25, -0.2) is 14.2 Å². The Labute approximate surface area is 212 Å². The zero-order valence-corrected chi connectivity index (χ0v) is 21.2. The zero-order valence-electron chi connectivity index (χ0n) is 21.2. The molecule has 3 aromatic heterocycles. The van der Waals surface area contributed by atoms with E-state index in [1.54, 1.807) is 28.8 Å². The third-order valence-electron chi connectivity index (χ3n) is 6.82. The second-order valence-electron chi connectivity index (χ2n) is 9.41. The molecular formula is C28H28FN5O3. The molecule has 0 unspecified atom stereocenters. The summed E-state index contributed by atoms with van der Waals surface area (Å²) in [5.74, 6) is -0.684. The molecule has 3 heterocycles. The maximum absolute atomic E-state index is 14.0. The van der Waals surface area contributed by atoms with Crippen molar-refractivity contribution in [2.24, 2.45) is 7.05 Å². The first-order chi connectivity index (χ1) is 17.7. The number of hydrogen-bond donors (Lipinski definition) is 1. The van der Waals surface area contributed by atoms with Crippen LogP contribution >= 0.6 is 0 Å². The molecule has 0 saturated carbocycles. The number of pyridine rings is 1. The Morgan fingerprint density at radius 1 is 1.11 bits per heavy atom. The summed E-state index contributed by atoms with van der Waals surface area (Å²) in [6, 6.07) is 12.6. The number of ether oxygens (including phenoxy) is 1. The van der Waals surface area contributed by atoms with Crippen LogP contribution in [0, 0.1) is 19.7 Å². The van der Waals surface area contributed by atoms with E-state index >= 15 is 0 Å². The Balaban J connectivity index is 1.74. The minimum atomic E-state index is -0.768. The molecule has 8 nitrogen and oxygen atoms in total. The highest BCUT2D eigenvalue weighted by atomic mass is 19.1. The molecule has 5 rings (SSSR count). The van der Waals surface area contributed by atoms with Gasteiger partial charge in [-0.2, -0.15) is 0 Å². The predicted molar refractivity (Wildman–Crippen MR) is 141 cm³/mol. The number of carbonyl (C=O) groups is 1. The van der Waals surface area contributed by atoms with Gasteiger partial charge in [-0.05, 0) is 66.4 Å². The molecule has 2 N–H and O–H groups in total. The number of esters is 1. The number of aromatic nitrogens is 4. The van der Waals surface area contributed by atoms with E-state index in [2.05, 4.69) is 35.5 Å². The quantitative estimate of drug-likeness (QED) is 0.351. The van der Waals surface area contributed by atoms with Crippen molar-refractivity contribution < 1.29 is 13.9 Å². The first kappa shape index (κ1) is 24.3. The topological polar surface area (TPSA) is 97.1 Å². The largest absolute Gasteiger partial charge is 0.469 e. The standard InChI is InChI=1S/C28H28FN5O3/c1-16-11-17(2)26-19(14-32(3)23(26)12-16)15-33-21-9-10-24(30)31-27(21)34(28(33)36)22(13-25(35)37-4)18-5-7-20(29)8-6-18/h5-12,14,22H,13,15H2,1-4H3,(H2,30,31)/t22-/m1/s1. The van der Waals surface area contributed by atoms with Crippen LogP contribution in [0.15, 0.2) is 59.5 Å². The number of fused-ring (bicyclic) bond motifs is 2. The first-order valence-corrected chi connectivity index (χ1v) is 11.9. The van der Waals surface area contributed by atoms with Crippen LogP contribution in [0.2, 0.25) is 0 Å². The van der Waals surface area contributed by atoms with E-state index in [4.69, 9.17) is 10.5 Å². The molecule has 0 saturated heterocycles. The number of hydrogen-bond acceptors (Lipinski definition) is 5. The van der Waals surface area contributed by atoms with Gasteiger partial charge in [0, 0.05) is 24.1 Å². The third-order valence-corrected chi connectivity index (χ3v) is 6.82. The molecule has 0 radical (unpaired) electrons. The van der Waals surface area contributed by atoms with Gasteiger partial charge in [0.05, 0.1) is 31.6 Å². The van der Waals surface area contributed by atoms with E-state index in [-0.39, 0.29) is 17.9 Å². The van der Waals surface area contributed by atoms with Crippen molar-refractivity contribution in [3.63, 3.8) is 0 Å². The molecule has 190 valence electrons. The lowest BCUT2D eigenvalue weighted by molar-refractivity contribution is -0.141. The van der Waals surface area contributed by atoms with Crippen molar-refractivity contribution in [3.05, 3.63) is 93.3 Å². The molecule has 0 aliphatic rings. The van der Waals surface area contributed by atoms with Crippen LogP contribution in [-0.4, -0.2) is 31.8 Å². The smallest absolute Gasteiger partial charge is 0.331 e. The molecule has 1 atom stereocenters. The summed E-state index contributed by atoms with van der Waals surface area (Å²) >= 11 is 0. The number of carbonyl (C=O) groups excluding carboxylic acids is 1. The Morgan fingerprint density at radius 2 is 1.84 bits per heavy atom. The van der Waals surface area contributed by atoms with Crippen molar-refractivity contribution in [1.82, 2.24) is 18.7 Å². The molecule has 37 heavy (non-hydrogen) atoms. The number of rotatable bonds is 6. The number of nitrogens with two attached hydrogens (primary N) is 1. The highest BCUT2D eigenvalue weighted by molar-refractivity contribution is 5.88. The lowest BCUT2D eigenvalue weighted by atomic mass is 10.0. The first-order valence-electron chi connectivity index (χ1n) is 11.9. The average Bonchev–Trinajstić information content (AvgIpc) is 3.31. The summed E-state index contributed by atoms with van der Waals surface area (Å²) in [6.07, 6.45) is 1.90. The maximum Gasteiger partial charge on any atom is 0.331 e. The second kappa shape index (κ2) is 9.24. The van der Waals surface area contributed by atoms with Crippen molar-refractivity contribution in [1.29, 1.82) is 0 Å². The molecule has 0 aliphatic heterocycles. The molecule has 0 spiro atoms. The third kappa shape index (κ3) is 4.26. The molecule has 5 aromatic rings. The summed E-state index contributed by atoms with van der Waals surface area (Å²) in [6.45, 7) is 4.42. The van der Waals surface area contributed by atoms with E-state index in [1.165, 1.54) is 23.8 Å². The van der Waals surface area contributed by atoms with Crippen LogP contribution < -0.4 is 11.4 Å². The van der Waals surface area contributed by atoms with Crippen LogP contribution in [0.5, 0.6) is 0 Å². The Morgan fingerprint density at radius 3 is 2.54 bits per heavy atom.